The summed E-state index contributed by atoms with van der Waals surface area (Å²) in [5, 5.41) is 10.7. The van der Waals surface area contributed by atoms with E-state index in [1.165, 1.54) is 50.5 Å². The van der Waals surface area contributed by atoms with Crippen molar-refractivity contribution in [2.45, 2.75) is 64.4 Å². The molecule has 2 aliphatic rings. The highest BCUT2D eigenvalue weighted by Gasteiger charge is 2.27. The van der Waals surface area contributed by atoms with Crippen molar-refractivity contribution in [1.29, 1.82) is 0 Å². The van der Waals surface area contributed by atoms with Gasteiger partial charge in [0.2, 0.25) is 0 Å². The maximum atomic E-state index is 10.7. The molecule has 3 rings (SSSR count). The smallest absolute Gasteiger partial charge is 0.122 e. The van der Waals surface area contributed by atoms with Crippen LogP contribution < -0.4 is 4.74 Å². The number of hydrogen-bond acceptors (Lipinski definition) is 2. The molecule has 1 atom stereocenters. The first-order valence-electron chi connectivity index (χ1n) is 8.71. The summed E-state index contributed by atoms with van der Waals surface area (Å²) in [5.74, 6) is 2.36. The Morgan fingerprint density at radius 2 is 2.05 bits per heavy atom. The fourth-order valence-electron chi connectivity index (χ4n) is 3.95. The first-order valence-corrected chi connectivity index (χ1v) is 8.71. The van der Waals surface area contributed by atoms with Gasteiger partial charge in [-0.15, -0.1) is 0 Å². The van der Waals surface area contributed by atoms with Crippen LogP contribution in [-0.2, 0) is 6.42 Å². The molecule has 1 aromatic rings. The summed E-state index contributed by atoms with van der Waals surface area (Å²) in [5.41, 5.74) is 2.36. The van der Waals surface area contributed by atoms with Crippen LogP contribution in [0.3, 0.4) is 0 Å². The molecule has 1 fully saturated rings. The van der Waals surface area contributed by atoms with Crippen LogP contribution in [-0.4, -0.2) is 11.7 Å². The highest BCUT2D eigenvalue weighted by molar-refractivity contribution is 5.40. The average molecular weight is 288 g/mol. The van der Waals surface area contributed by atoms with Crippen LogP contribution in [0, 0.1) is 11.8 Å². The van der Waals surface area contributed by atoms with Gasteiger partial charge in [-0.3, -0.25) is 0 Å². The van der Waals surface area contributed by atoms with Gasteiger partial charge >= 0.3 is 0 Å². The van der Waals surface area contributed by atoms with Crippen molar-refractivity contribution in [2.24, 2.45) is 11.8 Å². The van der Waals surface area contributed by atoms with Crippen LogP contribution in [0.2, 0.25) is 0 Å². The Hall–Kier alpha value is -1.02. The van der Waals surface area contributed by atoms with E-state index in [1.807, 2.05) is 6.07 Å². The molecule has 21 heavy (non-hydrogen) atoms. The van der Waals surface area contributed by atoms with Gasteiger partial charge in [0.25, 0.3) is 0 Å². The molecule has 1 aliphatic carbocycles. The van der Waals surface area contributed by atoms with E-state index in [9.17, 15) is 5.11 Å². The molecular formula is C19H28O2. The third-order valence-electron chi connectivity index (χ3n) is 5.36. The van der Waals surface area contributed by atoms with Gasteiger partial charge in [-0.2, -0.15) is 0 Å². The van der Waals surface area contributed by atoms with Crippen molar-refractivity contribution >= 4 is 0 Å². The summed E-state index contributed by atoms with van der Waals surface area (Å²) in [6.07, 6.45) is 9.72. The lowest BCUT2D eigenvalue weighted by atomic mass is 9.76. The zero-order valence-corrected chi connectivity index (χ0v) is 13.2. The highest BCUT2D eigenvalue weighted by atomic mass is 16.5. The van der Waals surface area contributed by atoms with Gasteiger partial charge in [0.15, 0.2) is 0 Å². The van der Waals surface area contributed by atoms with Crippen molar-refractivity contribution in [3.63, 3.8) is 0 Å². The zero-order valence-electron chi connectivity index (χ0n) is 13.2. The number of hydrogen-bond donors (Lipinski definition) is 1. The van der Waals surface area contributed by atoms with Gasteiger partial charge < -0.3 is 9.84 Å². The molecule has 0 saturated heterocycles. The number of benzene rings is 1. The van der Waals surface area contributed by atoms with E-state index in [0.717, 1.165) is 30.3 Å². The Morgan fingerprint density at radius 3 is 2.81 bits per heavy atom. The lowest BCUT2D eigenvalue weighted by Gasteiger charge is -2.31. The van der Waals surface area contributed by atoms with Crippen LogP contribution in [0.1, 0.15) is 69.1 Å². The maximum absolute atomic E-state index is 10.7. The van der Waals surface area contributed by atoms with Gasteiger partial charge in [0.05, 0.1) is 12.7 Å². The van der Waals surface area contributed by atoms with Crippen LogP contribution in [0.5, 0.6) is 5.75 Å². The number of fused-ring (bicyclic) bond motifs is 1. The molecule has 2 nitrogen and oxygen atoms in total. The predicted molar refractivity (Wildman–Crippen MR) is 85.6 cm³/mol. The first-order chi connectivity index (χ1) is 10.3. The second-order valence-electron chi connectivity index (χ2n) is 6.83. The Kier molecular flexibility index (Phi) is 4.84. The van der Waals surface area contributed by atoms with Gasteiger partial charge in [-0.1, -0.05) is 45.1 Å². The Balaban J connectivity index is 1.57. The van der Waals surface area contributed by atoms with Gasteiger partial charge in [-0.25, -0.2) is 0 Å². The van der Waals surface area contributed by atoms with Crippen molar-refractivity contribution in [1.82, 2.24) is 0 Å². The second-order valence-corrected chi connectivity index (χ2v) is 6.83. The van der Waals surface area contributed by atoms with Gasteiger partial charge in [0.1, 0.15) is 5.75 Å². The molecule has 1 N–H and O–H groups in total. The number of rotatable bonds is 5. The summed E-state index contributed by atoms with van der Waals surface area (Å²) in [7, 11) is 0. The summed E-state index contributed by atoms with van der Waals surface area (Å²) >= 11 is 0. The predicted octanol–water partition coefficient (Wildman–Crippen LogP) is 4.65. The third kappa shape index (κ3) is 3.42. The minimum Gasteiger partial charge on any atom is -0.493 e. The molecular weight excluding hydrogens is 260 g/mol. The summed E-state index contributed by atoms with van der Waals surface area (Å²) in [6, 6.07) is 6.25. The molecule has 2 heteroatoms. The van der Waals surface area contributed by atoms with E-state index in [4.69, 9.17) is 4.74 Å². The number of ether oxygens (including phenoxy) is 1. The van der Waals surface area contributed by atoms with E-state index in [1.54, 1.807) is 0 Å². The molecule has 1 heterocycles. The molecule has 0 spiro atoms. The van der Waals surface area contributed by atoms with Crippen molar-refractivity contribution in [3.05, 3.63) is 29.3 Å². The maximum Gasteiger partial charge on any atom is 0.122 e. The van der Waals surface area contributed by atoms with Crippen LogP contribution >= 0.6 is 0 Å². The average Bonchev–Trinajstić information content (AvgIpc) is 3.00. The van der Waals surface area contributed by atoms with Gasteiger partial charge in [-0.05, 0) is 47.9 Å². The minimum absolute atomic E-state index is 0.289. The van der Waals surface area contributed by atoms with E-state index >= 15 is 0 Å². The number of aliphatic hydroxyl groups is 1. The first kappa shape index (κ1) is 14.9. The van der Waals surface area contributed by atoms with Crippen LogP contribution in [0.25, 0.3) is 0 Å². The van der Waals surface area contributed by atoms with Crippen LogP contribution in [0.15, 0.2) is 18.2 Å². The third-order valence-corrected chi connectivity index (χ3v) is 5.36. The fraction of sp³-hybridized carbons (Fsp3) is 0.684. The number of unbranched alkanes of at least 4 members (excludes halogenated alkanes) is 1. The Bertz CT molecular complexity index is 461. The van der Waals surface area contributed by atoms with Gasteiger partial charge in [0, 0.05) is 6.42 Å². The minimum atomic E-state index is -0.289. The topological polar surface area (TPSA) is 29.5 Å². The lowest BCUT2D eigenvalue weighted by Crippen LogP contribution is -2.20. The molecule has 116 valence electrons. The summed E-state index contributed by atoms with van der Waals surface area (Å²) in [4.78, 5) is 0. The Morgan fingerprint density at radius 1 is 1.24 bits per heavy atom. The van der Waals surface area contributed by atoms with Crippen LogP contribution in [0.4, 0.5) is 0 Å². The van der Waals surface area contributed by atoms with E-state index < -0.39 is 0 Å². The second kappa shape index (κ2) is 6.83. The van der Waals surface area contributed by atoms with Crippen molar-refractivity contribution in [3.8, 4) is 5.75 Å². The standard InChI is InChI=1S/C19H28O2/c1-2-3-4-14-5-7-15(8-6-14)19(20)17-9-10-18-16(13-17)11-12-21-18/h9-10,13-15,19-20H,2-8,11-12H2,1H3. The SMILES string of the molecule is CCCCC1CCC(C(O)c2ccc3c(c2)CCO3)CC1. The highest BCUT2D eigenvalue weighted by Crippen LogP contribution is 2.39. The normalized spacial score (nSPS) is 26.2. The summed E-state index contributed by atoms with van der Waals surface area (Å²) in [6.45, 7) is 3.06. The molecule has 0 amide bonds. The largest absolute Gasteiger partial charge is 0.493 e. The molecule has 1 aliphatic heterocycles. The summed E-state index contributed by atoms with van der Waals surface area (Å²) < 4.78 is 5.55. The molecule has 0 aromatic heterocycles. The van der Waals surface area contributed by atoms with E-state index in [0.29, 0.717) is 5.92 Å². The molecule has 0 bridgehead atoms. The van der Waals surface area contributed by atoms with E-state index in [2.05, 4.69) is 19.1 Å². The fourth-order valence-corrected chi connectivity index (χ4v) is 3.95. The van der Waals surface area contributed by atoms with Crippen molar-refractivity contribution in [2.75, 3.05) is 6.61 Å². The molecule has 0 radical (unpaired) electrons. The molecule has 1 saturated carbocycles. The molecule has 1 unspecified atom stereocenters. The zero-order chi connectivity index (χ0) is 14.7. The van der Waals surface area contributed by atoms with Crippen molar-refractivity contribution < 1.29 is 9.84 Å². The molecule has 1 aromatic carbocycles. The quantitative estimate of drug-likeness (QED) is 0.854. The number of aliphatic hydroxyl groups excluding tert-OH is 1. The Labute approximate surface area is 128 Å². The lowest BCUT2D eigenvalue weighted by molar-refractivity contribution is 0.0719. The monoisotopic (exact) mass is 288 g/mol. The van der Waals surface area contributed by atoms with E-state index in [-0.39, 0.29) is 6.10 Å².